The van der Waals surface area contributed by atoms with Crippen LogP contribution in [0.25, 0.3) is 22.2 Å². The Morgan fingerprint density at radius 1 is 1.10 bits per heavy atom. The van der Waals surface area contributed by atoms with Crippen molar-refractivity contribution in [3.05, 3.63) is 41.9 Å². The minimum absolute atomic E-state index is 0.726. The number of aromatic nitrogens is 3. The first kappa shape index (κ1) is 12.7. The van der Waals surface area contributed by atoms with Gasteiger partial charge in [0.1, 0.15) is 17.3 Å². The van der Waals surface area contributed by atoms with E-state index >= 15 is 0 Å². The number of imidazole rings is 1. The Morgan fingerprint density at radius 3 is 2.60 bits per heavy atom. The van der Waals surface area contributed by atoms with Gasteiger partial charge < -0.3 is 10.3 Å². The fraction of sp³-hybridized carbons (Fsp3) is 0.250. The summed E-state index contributed by atoms with van der Waals surface area (Å²) in [6.45, 7) is 6.88. The number of nitrogens with two attached hydrogens (primary N) is 1. The summed E-state index contributed by atoms with van der Waals surface area (Å²) in [5.41, 5.74) is 10.1. The number of pyridine rings is 1. The second-order valence-electron chi connectivity index (χ2n) is 5.00. The molecular weight excluding hydrogens is 248 g/mol. The molecule has 0 bridgehead atoms. The van der Waals surface area contributed by atoms with Crippen molar-refractivity contribution in [2.45, 2.75) is 27.3 Å². The molecule has 4 nitrogen and oxygen atoms in total. The molecule has 1 aromatic carbocycles. The zero-order valence-electron chi connectivity index (χ0n) is 12.0. The zero-order chi connectivity index (χ0) is 14.3. The number of fused-ring (bicyclic) bond motifs is 1. The molecule has 4 heteroatoms. The maximum Gasteiger partial charge on any atom is 0.131 e. The van der Waals surface area contributed by atoms with E-state index in [4.69, 9.17) is 5.73 Å². The van der Waals surface area contributed by atoms with Crippen LogP contribution < -0.4 is 5.73 Å². The standard InChI is InChI=1S/C16H18N4/c1-4-20-11(3)19-15(16(20)17)13-7-8-14-12(9-13)6-5-10(2)18-14/h5-9H,4,17H2,1-3H3. The van der Waals surface area contributed by atoms with Crippen LogP contribution in [0.4, 0.5) is 5.82 Å². The third-order valence-electron chi connectivity index (χ3n) is 3.62. The van der Waals surface area contributed by atoms with Crippen molar-refractivity contribution in [2.24, 2.45) is 0 Å². The van der Waals surface area contributed by atoms with Crippen LogP contribution in [-0.2, 0) is 6.54 Å². The summed E-state index contributed by atoms with van der Waals surface area (Å²) < 4.78 is 2.02. The Balaban J connectivity index is 2.17. The van der Waals surface area contributed by atoms with Gasteiger partial charge in [0, 0.05) is 23.2 Å². The molecule has 0 saturated carbocycles. The molecule has 0 radical (unpaired) electrons. The molecule has 0 aliphatic rings. The van der Waals surface area contributed by atoms with Crippen molar-refractivity contribution >= 4 is 16.7 Å². The first-order valence-electron chi connectivity index (χ1n) is 6.80. The van der Waals surface area contributed by atoms with Gasteiger partial charge in [0.25, 0.3) is 0 Å². The molecule has 0 saturated heterocycles. The maximum absolute atomic E-state index is 6.20. The molecule has 3 aromatic rings. The maximum atomic E-state index is 6.20. The van der Waals surface area contributed by atoms with Gasteiger partial charge in [-0.15, -0.1) is 0 Å². The van der Waals surface area contributed by atoms with E-state index in [0.29, 0.717) is 0 Å². The van der Waals surface area contributed by atoms with Crippen molar-refractivity contribution < 1.29 is 0 Å². The van der Waals surface area contributed by atoms with Gasteiger partial charge in [-0.25, -0.2) is 4.98 Å². The van der Waals surface area contributed by atoms with Gasteiger partial charge in [-0.1, -0.05) is 12.1 Å². The van der Waals surface area contributed by atoms with Gasteiger partial charge in [0.05, 0.1) is 5.52 Å². The lowest BCUT2D eigenvalue weighted by Gasteiger charge is -2.05. The van der Waals surface area contributed by atoms with Crippen LogP contribution in [0.1, 0.15) is 18.4 Å². The number of anilines is 1. The van der Waals surface area contributed by atoms with Crippen LogP contribution in [0.2, 0.25) is 0 Å². The zero-order valence-corrected chi connectivity index (χ0v) is 12.0. The number of benzene rings is 1. The van der Waals surface area contributed by atoms with Gasteiger partial charge in [0.2, 0.25) is 0 Å². The minimum atomic E-state index is 0.726. The average Bonchev–Trinajstić information content (AvgIpc) is 2.73. The molecule has 20 heavy (non-hydrogen) atoms. The largest absolute Gasteiger partial charge is 0.383 e. The lowest BCUT2D eigenvalue weighted by molar-refractivity contribution is 0.739. The Kier molecular flexibility index (Phi) is 2.93. The lowest BCUT2D eigenvalue weighted by Crippen LogP contribution is -2.02. The molecule has 0 amide bonds. The third-order valence-corrected chi connectivity index (χ3v) is 3.62. The summed E-state index contributed by atoms with van der Waals surface area (Å²) in [7, 11) is 0. The normalized spacial score (nSPS) is 11.2. The van der Waals surface area contributed by atoms with E-state index in [9.17, 15) is 0 Å². The predicted molar refractivity (Wildman–Crippen MR) is 82.5 cm³/mol. The van der Waals surface area contributed by atoms with Crippen LogP contribution in [0, 0.1) is 13.8 Å². The molecular formula is C16H18N4. The molecule has 102 valence electrons. The Hall–Kier alpha value is -2.36. The minimum Gasteiger partial charge on any atom is -0.383 e. The molecule has 2 heterocycles. The number of hydrogen-bond donors (Lipinski definition) is 1. The summed E-state index contributed by atoms with van der Waals surface area (Å²) in [5.74, 6) is 1.67. The fourth-order valence-corrected chi connectivity index (χ4v) is 2.57. The van der Waals surface area contributed by atoms with Gasteiger partial charge in [-0.3, -0.25) is 4.98 Å². The smallest absolute Gasteiger partial charge is 0.131 e. The quantitative estimate of drug-likeness (QED) is 0.774. The van der Waals surface area contributed by atoms with Crippen LogP contribution in [0.5, 0.6) is 0 Å². The van der Waals surface area contributed by atoms with E-state index in [1.165, 1.54) is 0 Å². The van der Waals surface area contributed by atoms with Crippen molar-refractivity contribution in [1.82, 2.24) is 14.5 Å². The second-order valence-corrected chi connectivity index (χ2v) is 5.00. The van der Waals surface area contributed by atoms with Gasteiger partial charge in [0.15, 0.2) is 0 Å². The summed E-state index contributed by atoms with van der Waals surface area (Å²) in [6, 6.07) is 10.3. The highest BCUT2D eigenvalue weighted by molar-refractivity contribution is 5.85. The summed E-state index contributed by atoms with van der Waals surface area (Å²) >= 11 is 0. The molecule has 2 N–H and O–H groups in total. The molecule has 2 aromatic heterocycles. The molecule has 0 aliphatic heterocycles. The number of hydrogen-bond acceptors (Lipinski definition) is 3. The Bertz CT molecular complexity index is 787. The van der Waals surface area contributed by atoms with Crippen molar-refractivity contribution in [1.29, 1.82) is 0 Å². The Labute approximate surface area is 118 Å². The molecule has 0 atom stereocenters. The van der Waals surface area contributed by atoms with Crippen molar-refractivity contribution in [3.8, 4) is 11.3 Å². The van der Waals surface area contributed by atoms with Gasteiger partial charge >= 0.3 is 0 Å². The van der Waals surface area contributed by atoms with Crippen molar-refractivity contribution in [2.75, 3.05) is 5.73 Å². The highest BCUT2D eigenvalue weighted by atomic mass is 15.1. The number of nitrogen functional groups attached to an aromatic ring is 1. The van der Waals surface area contributed by atoms with E-state index < -0.39 is 0 Å². The number of aryl methyl sites for hydroxylation is 2. The molecule has 0 aliphatic carbocycles. The van der Waals surface area contributed by atoms with Gasteiger partial charge in [-0.2, -0.15) is 0 Å². The number of rotatable bonds is 2. The predicted octanol–water partition coefficient (Wildman–Crippen LogP) is 3.32. The highest BCUT2D eigenvalue weighted by Crippen LogP contribution is 2.28. The lowest BCUT2D eigenvalue weighted by atomic mass is 10.1. The first-order valence-corrected chi connectivity index (χ1v) is 6.80. The van der Waals surface area contributed by atoms with Gasteiger partial charge in [-0.05, 0) is 39.0 Å². The van der Waals surface area contributed by atoms with Crippen molar-refractivity contribution in [3.63, 3.8) is 0 Å². The van der Waals surface area contributed by atoms with E-state index in [2.05, 4.69) is 29.0 Å². The molecule has 0 fully saturated rings. The molecule has 0 unspecified atom stereocenters. The fourth-order valence-electron chi connectivity index (χ4n) is 2.57. The van der Waals surface area contributed by atoms with Crippen LogP contribution in [-0.4, -0.2) is 14.5 Å². The monoisotopic (exact) mass is 266 g/mol. The van der Waals surface area contributed by atoms with Crippen LogP contribution in [0.3, 0.4) is 0 Å². The first-order chi connectivity index (χ1) is 9.60. The number of nitrogens with zero attached hydrogens (tertiary/aromatic N) is 3. The summed E-state index contributed by atoms with van der Waals surface area (Å²) in [6.07, 6.45) is 0. The average molecular weight is 266 g/mol. The second kappa shape index (κ2) is 4.63. The highest BCUT2D eigenvalue weighted by Gasteiger charge is 2.13. The van der Waals surface area contributed by atoms with E-state index in [0.717, 1.165) is 46.0 Å². The third kappa shape index (κ3) is 1.93. The van der Waals surface area contributed by atoms with E-state index in [-0.39, 0.29) is 0 Å². The van der Waals surface area contributed by atoms with Crippen LogP contribution in [0.15, 0.2) is 30.3 Å². The Morgan fingerprint density at radius 2 is 1.90 bits per heavy atom. The van der Waals surface area contributed by atoms with E-state index in [1.54, 1.807) is 0 Å². The summed E-state index contributed by atoms with van der Waals surface area (Å²) in [4.78, 5) is 9.11. The molecule has 3 rings (SSSR count). The SMILES string of the molecule is CCn1c(C)nc(-c2ccc3nc(C)ccc3c2)c1N. The topological polar surface area (TPSA) is 56.7 Å². The van der Waals surface area contributed by atoms with E-state index in [1.807, 2.05) is 36.6 Å². The molecule has 0 spiro atoms. The van der Waals surface area contributed by atoms with Crippen LogP contribution >= 0.6 is 0 Å². The summed E-state index contributed by atoms with van der Waals surface area (Å²) in [5, 5.41) is 1.11.